The van der Waals surface area contributed by atoms with Crippen LogP contribution in [0, 0.1) is 6.92 Å². The van der Waals surface area contributed by atoms with Gasteiger partial charge in [-0.1, -0.05) is 18.2 Å². The van der Waals surface area contributed by atoms with Gasteiger partial charge in [0.1, 0.15) is 12.1 Å². The normalized spacial score (nSPS) is 10.0. The topological polar surface area (TPSA) is 64.1 Å². The van der Waals surface area contributed by atoms with Gasteiger partial charge in [0.25, 0.3) is 5.91 Å². The molecule has 1 N–H and O–H groups in total. The van der Waals surface area contributed by atoms with Crippen molar-refractivity contribution in [2.45, 2.75) is 13.5 Å². The molecule has 1 amide bonds. The second-order valence-electron chi connectivity index (χ2n) is 4.02. The van der Waals surface area contributed by atoms with Crippen molar-refractivity contribution in [2.24, 2.45) is 0 Å². The Morgan fingerprint density at radius 2 is 2.16 bits per heavy atom. The maximum absolute atomic E-state index is 12.0. The van der Waals surface area contributed by atoms with E-state index in [0.717, 1.165) is 11.3 Å². The minimum atomic E-state index is -0.191. The van der Waals surface area contributed by atoms with E-state index in [4.69, 9.17) is 4.74 Å². The molecule has 5 heteroatoms. The van der Waals surface area contributed by atoms with E-state index in [1.54, 1.807) is 14.0 Å². The fourth-order valence-corrected chi connectivity index (χ4v) is 1.73. The third-order valence-corrected chi connectivity index (χ3v) is 2.79. The Hall–Kier alpha value is -2.43. The molecule has 0 aliphatic rings. The van der Waals surface area contributed by atoms with Crippen molar-refractivity contribution in [2.75, 3.05) is 7.11 Å². The SMILES string of the molecule is COc1ccccc1CNC(=O)c1cncnc1C. The Morgan fingerprint density at radius 1 is 1.37 bits per heavy atom. The summed E-state index contributed by atoms with van der Waals surface area (Å²) >= 11 is 0. The zero-order valence-electron chi connectivity index (χ0n) is 10.9. The number of hydrogen-bond donors (Lipinski definition) is 1. The Labute approximate surface area is 111 Å². The fourth-order valence-electron chi connectivity index (χ4n) is 1.73. The molecule has 0 bridgehead atoms. The molecule has 0 fully saturated rings. The molecule has 2 rings (SSSR count). The summed E-state index contributed by atoms with van der Waals surface area (Å²) in [4.78, 5) is 19.9. The highest BCUT2D eigenvalue weighted by molar-refractivity contribution is 5.94. The molecule has 2 aromatic rings. The van der Waals surface area contributed by atoms with Gasteiger partial charge in [-0.2, -0.15) is 0 Å². The zero-order chi connectivity index (χ0) is 13.7. The van der Waals surface area contributed by atoms with Gasteiger partial charge in [0.15, 0.2) is 0 Å². The van der Waals surface area contributed by atoms with Gasteiger partial charge >= 0.3 is 0 Å². The van der Waals surface area contributed by atoms with E-state index in [1.807, 2.05) is 24.3 Å². The first kappa shape index (κ1) is 13.0. The van der Waals surface area contributed by atoms with E-state index in [-0.39, 0.29) is 5.91 Å². The van der Waals surface area contributed by atoms with Crippen LogP contribution in [0.5, 0.6) is 5.75 Å². The number of aromatic nitrogens is 2. The molecule has 0 radical (unpaired) electrons. The molecule has 0 atom stereocenters. The molecule has 0 spiro atoms. The molecule has 1 aromatic carbocycles. The van der Waals surface area contributed by atoms with Gasteiger partial charge in [0.05, 0.1) is 18.4 Å². The van der Waals surface area contributed by atoms with Gasteiger partial charge in [0, 0.05) is 18.3 Å². The lowest BCUT2D eigenvalue weighted by atomic mass is 10.2. The minimum Gasteiger partial charge on any atom is -0.496 e. The van der Waals surface area contributed by atoms with Crippen LogP contribution in [0.4, 0.5) is 0 Å². The van der Waals surface area contributed by atoms with Crippen LogP contribution in [0.2, 0.25) is 0 Å². The summed E-state index contributed by atoms with van der Waals surface area (Å²) in [6, 6.07) is 7.56. The molecular weight excluding hydrogens is 242 g/mol. The molecule has 0 aliphatic heterocycles. The van der Waals surface area contributed by atoms with Gasteiger partial charge in [-0.25, -0.2) is 9.97 Å². The number of para-hydroxylation sites is 1. The highest BCUT2D eigenvalue weighted by atomic mass is 16.5. The molecule has 1 aromatic heterocycles. The lowest BCUT2D eigenvalue weighted by Crippen LogP contribution is -2.24. The van der Waals surface area contributed by atoms with Gasteiger partial charge in [-0.05, 0) is 13.0 Å². The molecular formula is C14H15N3O2. The summed E-state index contributed by atoms with van der Waals surface area (Å²) in [5, 5.41) is 2.83. The number of benzene rings is 1. The smallest absolute Gasteiger partial charge is 0.254 e. The predicted octanol–water partition coefficient (Wildman–Crippen LogP) is 1.72. The number of ether oxygens (including phenoxy) is 1. The van der Waals surface area contributed by atoms with Crippen molar-refractivity contribution in [3.63, 3.8) is 0 Å². The molecule has 0 saturated heterocycles. The van der Waals surface area contributed by atoms with E-state index < -0.39 is 0 Å². The van der Waals surface area contributed by atoms with Gasteiger partial charge in [-0.15, -0.1) is 0 Å². The monoisotopic (exact) mass is 257 g/mol. The minimum absolute atomic E-state index is 0.191. The van der Waals surface area contributed by atoms with Gasteiger partial charge < -0.3 is 10.1 Å². The third kappa shape index (κ3) is 3.07. The van der Waals surface area contributed by atoms with Crippen molar-refractivity contribution in [1.82, 2.24) is 15.3 Å². The Balaban J connectivity index is 2.07. The number of methoxy groups -OCH3 is 1. The van der Waals surface area contributed by atoms with Crippen LogP contribution in [0.15, 0.2) is 36.8 Å². The summed E-state index contributed by atoms with van der Waals surface area (Å²) in [7, 11) is 1.61. The number of nitrogens with one attached hydrogen (secondary N) is 1. The number of rotatable bonds is 4. The Bertz CT molecular complexity index is 584. The lowest BCUT2D eigenvalue weighted by molar-refractivity contribution is 0.0949. The quantitative estimate of drug-likeness (QED) is 0.905. The summed E-state index contributed by atoms with van der Waals surface area (Å²) in [6.45, 7) is 2.18. The van der Waals surface area contributed by atoms with Crippen molar-refractivity contribution >= 4 is 5.91 Å². The number of amides is 1. The first-order chi connectivity index (χ1) is 9.22. The largest absolute Gasteiger partial charge is 0.496 e. The van der Waals surface area contributed by atoms with Crippen molar-refractivity contribution in [3.8, 4) is 5.75 Å². The number of carbonyl (C=O) groups is 1. The van der Waals surface area contributed by atoms with Crippen LogP contribution in [-0.4, -0.2) is 23.0 Å². The Kier molecular flexibility index (Phi) is 4.07. The molecule has 5 nitrogen and oxygen atoms in total. The molecule has 19 heavy (non-hydrogen) atoms. The Morgan fingerprint density at radius 3 is 2.89 bits per heavy atom. The lowest BCUT2D eigenvalue weighted by Gasteiger charge is -2.10. The highest BCUT2D eigenvalue weighted by Gasteiger charge is 2.10. The van der Waals surface area contributed by atoms with Crippen LogP contribution in [-0.2, 0) is 6.54 Å². The summed E-state index contributed by atoms with van der Waals surface area (Å²) < 4.78 is 5.23. The van der Waals surface area contributed by atoms with Crippen LogP contribution in [0.3, 0.4) is 0 Å². The number of hydrogen-bond acceptors (Lipinski definition) is 4. The maximum atomic E-state index is 12.0. The summed E-state index contributed by atoms with van der Waals surface area (Å²) in [6.07, 6.45) is 2.94. The van der Waals surface area contributed by atoms with Crippen LogP contribution >= 0.6 is 0 Å². The molecule has 98 valence electrons. The number of nitrogens with zero attached hydrogens (tertiary/aromatic N) is 2. The van der Waals surface area contributed by atoms with Gasteiger partial charge in [-0.3, -0.25) is 4.79 Å². The standard InChI is InChI=1S/C14H15N3O2/c1-10-12(8-15-9-17-10)14(18)16-7-11-5-3-4-6-13(11)19-2/h3-6,8-9H,7H2,1-2H3,(H,16,18). The molecule has 0 saturated carbocycles. The van der Waals surface area contributed by atoms with Crippen LogP contribution in [0.1, 0.15) is 21.6 Å². The highest BCUT2D eigenvalue weighted by Crippen LogP contribution is 2.16. The number of aryl methyl sites for hydroxylation is 1. The van der Waals surface area contributed by atoms with Crippen LogP contribution in [0.25, 0.3) is 0 Å². The second kappa shape index (κ2) is 5.95. The predicted molar refractivity (Wildman–Crippen MR) is 70.9 cm³/mol. The molecule has 0 aliphatic carbocycles. The van der Waals surface area contributed by atoms with Gasteiger partial charge in [0.2, 0.25) is 0 Å². The average molecular weight is 257 g/mol. The summed E-state index contributed by atoms with van der Waals surface area (Å²) in [5.74, 6) is 0.563. The average Bonchev–Trinajstić information content (AvgIpc) is 2.45. The fraction of sp³-hybridized carbons (Fsp3) is 0.214. The van der Waals surface area contributed by atoms with Crippen LogP contribution < -0.4 is 10.1 Å². The molecule has 1 heterocycles. The maximum Gasteiger partial charge on any atom is 0.254 e. The summed E-state index contributed by atoms with van der Waals surface area (Å²) in [5.41, 5.74) is 2.07. The molecule has 0 unspecified atom stereocenters. The van der Waals surface area contributed by atoms with E-state index >= 15 is 0 Å². The van der Waals surface area contributed by atoms with Crippen molar-refractivity contribution in [1.29, 1.82) is 0 Å². The first-order valence-electron chi connectivity index (χ1n) is 5.89. The second-order valence-corrected chi connectivity index (χ2v) is 4.02. The van der Waals surface area contributed by atoms with E-state index in [0.29, 0.717) is 17.8 Å². The van der Waals surface area contributed by atoms with E-state index in [2.05, 4.69) is 15.3 Å². The zero-order valence-corrected chi connectivity index (χ0v) is 10.9. The number of carbonyl (C=O) groups excluding carboxylic acids is 1. The van der Waals surface area contributed by atoms with E-state index in [9.17, 15) is 4.79 Å². The van der Waals surface area contributed by atoms with Crippen molar-refractivity contribution in [3.05, 3.63) is 53.6 Å². The first-order valence-corrected chi connectivity index (χ1v) is 5.89. The van der Waals surface area contributed by atoms with E-state index in [1.165, 1.54) is 12.5 Å². The third-order valence-electron chi connectivity index (χ3n) is 2.79. The van der Waals surface area contributed by atoms with Crippen molar-refractivity contribution < 1.29 is 9.53 Å².